The summed E-state index contributed by atoms with van der Waals surface area (Å²) in [5, 5.41) is 13.4. The van der Waals surface area contributed by atoms with Crippen molar-refractivity contribution in [2.75, 3.05) is 41.9 Å². The number of rotatable bonds is 6. The Morgan fingerprint density at radius 2 is 1.63 bits per heavy atom. The molecule has 3 aromatic carbocycles. The summed E-state index contributed by atoms with van der Waals surface area (Å²) in [6.07, 6.45) is 0.424. The lowest BCUT2D eigenvalue weighted by atomic mass is 9.98. The fraction of sp³-hybridized carbons (Fsp3) is 0.241. The molecular formula is C29H32N6O3. The zero-order chi connectivity index (χ0) is 27.4. The lowest BCUT2D eigenvalue weighted by molar-refractivity contribution is 0.0963. The molecule has 4 rings (SSSR count). The summed E-state index contributed by atoms with van der Waals surface area (Å²) in [5.74, 6) is 0.00290. The lowest BCUT2D eigenvalue weighted by Gasteiger charge is -2.23. The maximum Gasteiger partial charge on any atom is 0.329 e. The third-order valence-corrected chi connectivity index (χ3v) is 6.71. The summed E-state index contributed by atoms with van der Waals surface area (Å²) in [7, 11) is 3.12. The molecule has 0 aromatic heterocycles. The average Bonchev–Trinajstić information content (AvgIpc) is 3.33. The fourth-order valence-corrected chi connectivity index (χ4v) is 4.64. The number of amidine groups is 1. The minimum Gasteiger partial charge on any atom is -0.355 e. The second-order valence-corrected chi connectivity index (χ2v) is 8.90. The third kappa shape index (κ3) is 4.95. The van der Waals surface area contributed by atoms with E-state index < -0.39 is 0 Å². The maximum atomic E-state index is 13.4. The zero-order valence-corrected chi connectivity index (χ0v) is 22.0. The largest absolute Gasteiger partial charge is 0.355 e. The van der Waals surface area contributed by atoms with E-state index in [1.807, 2.05) is 62.4 Å². The molecule has 5 amide bonds. The van der Waals surface area contributed by atoms with Gasteiger partial charge in [-0.25, -0.2) is 9.59 Å². The molecule has 38 heavy (non-hydrogen) atoms. The number of nitrogens with zero attached hydrogens (tertiary/aromatic N) is 3. The Morgan fingerprint density at radius 1 is 0.947 bits per heavy atom. The SMILES string of the molecule is CCC(=N)N(C(=O)NC)c1ccc(-c2cccc(N3CCN(c4cccc(C(=O)NC)c4)C3=O)c2C)cc1. The topological polar surface area (TPSA) is 109 Å². The monoisotopic (exact) mass is 512 g/mol. The van der Waals surface area contributed by atoms with Crippen molar-refractivity contribution < 1.29 is 14.4 Å². The second-order valence-electron chi connectivity index (χ2n) is 8.90. The van der Waals surface area contributed by atoms with E-state index >= 15 is 0 Å². The number of urea groups is 2. The van der Waals surface area contributed by atoms with Crippen LogP contribution in [0.2, 0.25) is 0 Å². The van der Waals surface area contributed by atoms with Gasteiger partial charge in [-0.05, 0) is 60.0 Å². The molecule has 1 fully saturated rings. The van der Waals surface area contributed by atoms with Gasteiger partial charge in [0.05, 0.1) is 5.69 Å². The predicted molar refractivity (Wildman–Crippen MR) is 151 cm³/mol. The van der Waals surface area contributed by atoms with Crippen molar-refractivity contribution in [3.05, 3.63) is 77.9 Å². The van der Waals surface area contributed by atoms with Crippen LogP contribution < -0.4 is 25.3 Å². The summed E-state index contributed by atoms with van der Waals surface area (Å²) in [6, 6.07) is 19.9. The van der Waals surface area contributed by atoms with Crippen LogP contribution in [0.1, 0.15) is 29.3 Å². The molecule has 0 aliphatic carbocycles. The normalized spacial score (nSPS) is 12.9. The molecule has 0 spiro atoms. The molecule has 1 aliphatic rings. The number of carbonyl (C=O) groups is 3. The molecule has 0 unspecified atom stereocenters. The van der Waals surface area contributed by atoms with E-state index in [1.54, 1.807) is 42.1 Å². The van der Waals surface area contributed by atoms with E-state index in [9.17, 15) is 14.4 Å². The molecule has 9 nitrogen and oxygen atoms in total. The first-order chi connectivity index (χ1) is 18.3. The number of hydrogen-bond acceptors (Lipinski definition) is 4. The summed E-state index contributed by atoms with van der Waals surface area (Å²) in [6.45, 7) is 4.85. The van der Waals surface area contributed by atoms with Crippen LogP contribution in [-0.4, -0.2) is 51.0 Å². The molecule has 9 heteroatoms. The van der Waals surface area contributed by atoms with E-state index in [2.05, 4.69) is 10.6 Å². The first-order valence-electron chi connectivity index (χ1n) is 12.5. The summed E-state index contributed by atoms with van der Waals surface area (Å²) >= 11 is 0. The molecular weight excluding hydrogens is 480 g/mol. The molecule has 1 aliphatic heterocycles. The first-order valence-corrected chi connectivity index (χ1v) is 12.5. The van der Waals surface area contributed by atoms with E-state index in [-0.39, 0.29) is 23.8 Å². The van der Waals surface area contributed by atoms with Crippen LogP contribution in [0.3, 0.4) is 0 Å². The van der Waals surface area contributed by atoms with Crippen LogP contribution in [0.5, 0.6) is 0 Å². The van der Waals surface area contributed by atoms with Crippen molar-refractivity contribution in [3.8, 4) is 11.1 Å². The van der Waals surface area contributed by atoms with Gasteiger partial charge in [-0.15, -0.1) is 0 Å². The number of nitrogens with one attached hydrogen (secondary N) is 3. The third-order valence-electron chi connectivity index (χ3n) is 6.71. The van der Waals surface area contributed by atoms with E-state index in [4.69, 9.17) is 5.41 Å². The Morgan fingerprint density at radius 3 is 2.29 bits per heavy atom. The quantitative estimate of drug-likeness (QED) is 0.319. The first kappa shape index (κ1) is 26.4. The fourth-order valence-electron chi connectivity index (χ4n) is 4.64. The minimum atomic E-state index is -0.360. The van der Waals surface area contributed by atoms with Gasteiger partial charge in [0.2, 0.25) is 0 Å². The lowest BCUT2D eigenvalue weighted by Crippen LogP contribution is -2.42. The Kier molecular flexibility index (Phi) is 7.76. The van der Waals surface area contributed by atoms with Gasteiger partial charge in [-0.2, -0.15) is 0 Å². The van der Waals surface area contributed by atoms with Crippen molar-refractivity contribution in [1.29, 1.82) is 5.41 Å². The highest BCUT2D eigenvalue weighted by atomic mass is 16.2. The molecule has 196 valence electrons. The summed E-state index contributed by atoms with van der Waals surface area (Å²) in [5.41, 5.74) is 5.48. The molecule has 0 saturated carbocycles. The maximum absolute atomic E-state index is 13.4. The predicted octanol–water partition coefficient (Wildman–Crippen LogP) is 5.00. The van der Waals surface area contributed by atoms with Gasteiger partial charge in [0.1, 0.15) is 5.84 Å². The van der Waals surface area contributed by atoms with Crippen LogP contribution in [0, 0.1) is 12.3 Å². The van der Waals surface area contributed by atoms with Crippen molar-refractivity contribution >= 4 is 40.9 Å². The summed E-state index contributed by atoms with van der Waals surface area (Å²) in [4.78, 5) is 42.7. The average molecular weight is 513 g/mol. The Balaban J connectivity index is 1.61. The van der Waals surface area contributed by atoms with Crippen LogP contribution in [-0.2, 0) is 0 Å². The van der Waals surface area contributed by atoms with Gasteiger partial charge >= 0.3 is 12.1 Å². The molecule has 0 radical (unpaired) electrons. The number of benzene rings is 3. The van der Waals surface area contributed by atoms with Crippen molar-refractivity contribution in [2.45, 2.75) is 20.3 Å². The second kappa shape index (κ2) is 11.2. The van der Waals surface area contributed by atoms with Crippen molar-refractivity contribution in [1.82, 2.24) is 10.6 Å². The van der Waals surface area contributed by atoms with Crippen LogP contribution in [0.25, 0.3) is 11.1 Å². The standard InChI is InChI=1S/C29H32N6O3/c1-5-26(30)35(28(37)32-4)22-14-12-20(13-15-22)24-10-7-11-25(19(24)2)34-17-16-33(29(34)38)23-9-6-8-21(18-23)27(36)31-3/h6-15,18,30H,5,16-17H2,1-4H3,(H,31,36)(H,32,37). The van der Waals surface area contributed by atoms with E-state index in [0.29, 0.717) is 36.4 Å². The van der Waals surface area contributed by atoms with E-state index in [1.165, 1.54) is 4.90 Å². The van der Waals surface area contributed by atoms with Gasteiger partial charge in [-0.1, -0.05) is 37.3 Å². The van der Waals surface area contributed by atoms with Gasteiger partial charge < -0.3 is 10.6 Å². The molecule has 1 heterocycles. The van der Waals surface area contributed by atoms with Crippen molar-refractivity contribution in [3.63, 3.8) is 0 Å². The van der Waals surface area contributed by atoms with Gasteiger partial charge in [0.25, 0.3) is 5.91 Å². The van der Waals surface area contributed by atoms with Gasteiger partial charge in [-0.3, -0.25) is 24.9 Å². The number of amides is 5. The highest BCUT2D eigenvalue weighted by Crippen LogP contribution is 2.34. The highest BCUT2D eigenvalue weighted by Gasteiger charge is 2.32. The van der Waals surface area contributed by atoms with E-state index in [0.717, 1.165) is 22.4 Å². The molecule has 1 saturated heterocycles. The minimum absolute atomic E-state index is 0.144. The number of hydrogen-bond donors (Lipinski definition) is 3. The summed E-state index contributed by atoms with van der Waals surface area (Å²) < 4.78 is 0. The molecule has 0 atom stereocenters. The zero-order valence-electron chi connectivity index (χ0n) is 22.0. The molecule has 3 N–H and O–H groups in total. The Hall–Kier alpha value is -4.66. The number of carbonyl (C=O) groups excluding carboxylic acids is 3. The smallest absolute Gasteiger partial charge is 0.329 e. The number of anilines is 3. The van der Waals surface area contributed by atoms with Crippen LogP contribution in [0.4, 0.5) is 26.7 Å². The van der Waals surface area contributed by atoms with Crippen LogP contribution in [0.15, 0.2) is 66.7 Å². The highest BCUT2D eigenvalue weighted by molar-refractivity contribution is 6.15. The van der Waals surface area contributed by atoms with Gasteiger partial charge in [0.15, 0.2) is 0 Å². The molecule has 0 bridgehead atoms. The van der Waals surface area contributed by atoms with Gasteiger partial charge in [0, 0.05) is 50.5 Å². The van der Waals surface area contributed by atoms with Crippen molar-refractivity contribution in [2.24, 2.45) is 0 Å². The Labute approximate surface area is 222 Å². The molecule has 3 aromatic rings. The van der Waals surface area contributed by atoms with Crippen LogP contribution >= 0.6 is 0 Å². The Bertz CT molecular complexity index is 1370.